The van der Waals surface area contributed by atoms with Crippen molar-refractivity contribution in [1.29, 1.82) is 0 Å². The quantitative estimate of drug-likeness (QED) is 0.786. The molecule has 0 spiro atoms. The number of carbonyl (C=O) groups excluding carboxylic acids is 1. The largest absolute Gasteiger partial charge is 0.461 e. The molecule has 0 aliphatic heterocycles. The summed E-state index contributed by atoms with van der Waals surface area (Å²) in [5.74, 6) is 0.307. The standard InChI is InChI=1S/C18H19N3O2/c1-12(2)11-19-18(22)17-20-14-8-9-23-16(14)15(21-17)10-13-6-4-3-5-7-13/h3-9,12H,10-11H2,1-2H3,(H,19,22). The summed E-state index contributed by atoms with van der Waals surface area (Å²) in [6.45, 7) is 4.68. The monoisotopic (exact) mass is 309 g/mol. The number of amides is 1. The van der Waals surface area contributed by atoms with Crippen LogP contribution in [0.25, 0.3) is 11.1 Å². The molecule has 2 heterocycles. The number of fused-ring (bicyclic) bond motifs is 1. The van der Waals surface area contributed by atoms with Gasteiger partial charge in [-0.05, 0) is 11.5 Å². The lowest BCUT2D eigenvalue weighted by Crippen LogP contribution is -2.29. The molecule has 3 rings (SSSR count). The van der Waals surface area contributed by atoms with Crippen molar-refractivity contribution in [3.8, 4) is 0 Å². The van der Waals surface area contributed by atoms with Crippen LogP contribution in [0.1, 0.15) is 35.7 Å². The van der Waals surface area contributed by atoms with Gasteiger partial charge in [-0.25, -0.2) is 9.97 Å². The summed E-state index contributed by atoms with van der Waals surface area (Å²) in [5, 5.41) is 2.85. The molecule has 1 amide bonds. The van der Waals surface area contributed by atoms with Gasteiger partial charge < -0.3 is 9.73 Å². The van der Waals surface area contributed by atoms with E-state index >= 15 is 0 Å². The Morgan fingerprint density at radius 3 is 2.70 bits per heavy atom. The maximum atomic E-state index is 12.3. The van der Waals surface area contributed by atoms with Crippen LogP contribution in [0.4, 0.5) is 0 Å². The van der Waals surface area contributed by atoms with Crippen LogP contribution in [0.5, 0.6) is 0 Å². The molecule has 0 unspecified atom stereocenters. The van der Waals surface area contributed by atoms with Crippen LogP contribution < -0.4 is 5.32 Å². The molecule has 5 heteroatoms. The minimum Gasteiger partial charge on any atom is -0.461 e. The average Bonchev–Trinajstić information content (AvgIpc) is 3.02. The molecule has 0 bridgehead atoms. The number of nitrogens with one attached hydrogen (secondary N) is 1. The number of hydrogen-bond acceptors (Lipinski definition) is 4. The van der Waals surface area contributed by atoms with Crippen molar-refractivity contribution in [3.05, 3.63) is 59.7 Å². The van der Waals surface area contributed by atoms with Gasteiger partial charge in [0.2, 0.25) is 5.82 Å². The van der Waals surface area contributed by atoms with Crippen LogP contribution in [0.3, 0.4) is 0 Å². The molecule has 0 aliphatic carbocycles. The predicted molar refractivity (Wildman–Crippen MR) is 88.2 cm³/mol. The molecule has 0 atom stereocenters. The smallest absolute Gasteiger partial charge is 0.289 e. The third-order valence-electron chi connectivity index (χ3n) is 3.46. The van der Waals surface area contributed by atoms with Gasteiger partial charge in [-0.15, -0.1) is 0 Å². The summed E-state index contributed by atoms with van der Waals surface area (Å²) < 4.78 is 5.50. The summed E-state index contributed by atoms with van der Waals surface area (Å²) in [6.07, 6.45) is 2.17. The first-order chi connectivity index (χ1) is 11.1. The number of rotatable bonds is 5. The zero-order valence-corrected chi connectivity index (χ0v) is 13.2. The molecule has 5 nitrogen and oxygen atoms in total. The molecule has 0 radical (unpaired) electrons. The van der Waals surface area contributed by atoms with Crippen molar-refractivity contribution in [2.45, 2.75) is 20.3 Å². The lowest BCUT2D eigenvalue weighted by atomic mass is 10.1. The van der Waals surface area contributed by atoms with Crippen LogP contribution in [0, 0.1) is 5.92 Å². The van der Waals surface area contributed by atoms with E-state index in [1.54, 1.807) is 12.3 Å². The highest BCUT2D eigenvalue weighted by atomic mass is 16.3. The van der Waals surface area contributed by atoms with Gasteiger partial charge in [-0.2, -0.15) is 0 Å². The molecular weight excluding hydrogens is 290 g/mol. The van der Waals surface area contributed by atoms with Gasteiger partial charge in [-0.1, -0.05) is 44.2 Å². The van der Waals surface area contributed by atoms with Crippen molar-refractivity contribution < 1.29 is 9.21 Å². The van der Waals surface area contributed by atoms with E-state index in [1.165, 1.54) is 0 Å². The van der Waals surface area contributed by atoms with Gasteiger partial charge in [0.15, 0.2) is 5.58 Å². The Bertz CT molecular complexity index is 810. The van der Waals surface area contributed by atoms with Crippen LogP contribution in [-0.4, -0.2) is 22.4 Å². The highest BCUT2D eigenvalue weighted by molar-refractivity contribution is 5.92. The fourth-order valence-corrected chi connectivity index (χ4v) is 2.31. The van der Waals surface area contributed by atoms with E-state index in [9.17, 15) is 4.79 Å². The van der Waals surface area contributed by atoms with Crippen LogP contribution in [0.15, 0.2) is 47.1 Å². The van der Waals surface area contributed by atoms with Crippen molar-refractivity contribution in [1.82, 2.24) is 15.3 Å². The van der Waals surface area contributed by atoms with E-state index in [1.807, 2.05) is 44.2 Å². The maximum Gasteiger partial charge on any atom is 0.289 e. The van der Waals surface area contributed by atoms with Gasteiger partial charge in [0.25, 0.3) is 5.91 Å². The number of hydrogen-bond donors (Lipinski definition) is 1. The Hall–Kier alpha value is -2.69. The number of aromatic nitrogens is 2. The second-order valence-electron chi connectivity index (χ2n) is 5.90. The second kappa shape index (κ2) is 6.60. The summed E-state index contributed by atoms with van der Waals surface area (Å²) in [7, 11) is 0. The molecule has 0 aliphatic rings. The first kappa shape index (κ1) is 15.2. The Morgan fingerprint density at radius 2 is 1.96 bits per heavy atom. The molecular formula is C18H19N3O2. The summed E-state index contributed by atoms with van der Waals surface area (Å²) in [4.78, 5) is 21.0. The van der Waals surface area contributed by atoms with E-state index in [-0.39, 0.29) is 11.7 Å². The Morgan fingerprint density at radius 1 is 1.17 bits per heavy atom. The minimum absolute atomic E-state index is 0.186. The van der Waals surface area contributed by atoms with Gasteiger partial charge >= 0.3 is 0 Å². The van der Waals surface area contributed by atoms with Gasteiger partial charge in [0, 0.05) is 19.0 Å². The third-order valence-corrected chi connectivity index (χ3v) is 3.46. The van der Waals surface area contributed by atoms with E-state index in [0.29, 0.717) is 30.0 Å². The fraction of sp³-hybridized carbons (Fsp3) is 0.278. The topological polar surface area (TPSA) is 68.0 Å². The second-order valence-corrected chi connectivity index (χ2v) is 5.90. The van der Waals surface area contributed by atoms with E-state index in [2.05, 4.69) is 15.3 Å². The molecule has 0 saturated heterocycles. The summed E-state index contributed by atoms with van der Waals surface area (Å²) >= 11 is 0. The minimum atomic E-state index is -0.254. The summed E-state index contributed by atoms with van der Waals surface area (Å²) in [5.41, 5.74) is 3.12. The third kappa shape index (κ3) is 3.56. The lowest BCUT2D eigenvalue weighted by Gasteiger charge is -2.08. The summed E-state index contributed by atoms with van der Waals surface area (Å²) in [6, 6.07) is 11.7. The molecule has 1 aromatic carbocycles. The highest BCUT2D eigenvalue weighted by Crippen LogP contribution is 2.20. The van der Waals surface area contributed by atoms with Crippen molar-refractivity contribution >= 4 is 17.0 Å². The Labute approximate surface area is 134 Å². The Kier molecular flexibility index (Phi) is 4.37. The molecule has 1 N–H and O–H groups in total. The van der Waals surface area contributed by atoms with Gasteiger partial charge in [-0.3, -0.25) is 4.79 Å². The SMILES string of the molecule is CC(C)CNC(=O)c1nc(Cc2ccccc2)c2occc2n1. The van der Waals surface area contributed by atoms with Crippen molar-refractivity contribution in [2.75, 3.05) is 6.54 Å². The first-order valence-corrected chi connectivity index (χ1v) is 7.69. The van der Waals surface area contributed by atoms with Crippen LogP contribution >= 0.6 is 0 Å². The van der Waals surface area contributed by atoms with Crippen molar-refractivity contribution in [3.63, 3.8) is 0 Å². The Balaban J connectivity index is 1.93. The predicted octanol–water partition coefficient (Wildman–Crippen LogP) is 3.20. The number of benzene rings is 1. The van der Waals surface area contributed by atoms with E-state index in [4.69, 9.17) is 4.42 Å². The number of furan rings is 1. The molecule has 118 valence electrons. The normalized spacial score (nSPS) is 11.1. The number of carbonyl (C=O) groups is 1. The van der Waals surface area contributed by atoms with Gasteiger partial charge in [0.05, 0.1) is 12.0 Å². The molecule has 2 aromatic heterocycles. The molecule has 0 fully saturated rings. The van der Waals surface area contributed by atoms with Crippen LogP contribution in [-0.2, 0) is 6.42 Å². The molecule has 0 saturated carbocycles. The zero-order valence-electron chi connectivity index (χ0n) is 13.2. The lowest BCUT2D eigenvalue weighted by molar-refractivity contribution is 0.0938. The molecule has 3 aromatic rings. The van der Waals surface area contributed by atoms with Gasteiger partial charge in [0.1, 0.15) is 5.52 Å². The van der Waals surface area contributed by atoms with E-state index in [0.717, 1.165) is 11.3 Å². The molecule has 23 heavy (non-hydrogen) atoms. The first-order valence-electron chi connectivity index (χ1n) is 7.69. The van der Waals surface area contributed by atoms with Crippen molar-refractivity contribution in [2.24, 2.45) is 5.92 Å². The maximum absolute atomic E-state index is 12.3. The average molecular weight is 309 g/mol. The highest BCUT2D eigenvalue weighted by Gasteiger charge is 2.16. The van der Waals surface area contributed by atoms with Crippen LogP contribution in [0.2, 0.25) is 0 Å². The number of nitrogens with zero attached hydrogens (tertiary/aromatic N) is 2. The fourth-order valence-electron chi connectivity index (χ4n) is 2.31. The zero-order chi connectivity index (χ0) is 16.2. The van der Waals surface area contributed by atoms with E-state index < -0.39 is 0 Å².